The minimum atomic E-state index is -0.888. The smallest absolute Gasteiger partial charge is 0.223 e. The number of halogens is 3. The van der Waals surface area contributed by atoms with Gasteiger partial charge in [-0.3, -0.25) is 9.59 Å². The lowest BCUT2D eigenvalue weighted by molar-refractivity contribution is -0.132. The van der Waals surface area contributed by atoms with Crippen LogP contribution in [0.25, 0.3) is 0 Å². The van der Waals surface area contributed by atoms with E-state index in [1.54, 1.807) is 4.90 Å². The van der Waals surface area contributed by atoms with Crippen LogP contribution in [-0.4, -0.2) is 36.2 Å². The molecule has 23 heavy (non-hydrogen) atoms. The first-order valence-corrected chi connectivity index (χ1v) is 7.47. The highest BCUT2D eigenvalue weighted by Gasteiger charge is 2.22. The molecule has 7 heteroatoms. The Bertz CT molecular complexity index is 561. The Morgan fingerprint density at radius 3 is 2.39 bits per heavy atom. The first kappa shape index (κ1) is 19.5. The van der Waals surface area contributed by atoms with Crippen molar-refractivity contribution in [2.24, 2.45) is 11.7 Å². The minimum Gasteiger partial charge on any atom is -0.343 e. The number of ketones is 1. The highest BCUT2D eigenvalue weighted by Crippen LogP contribution is 2.18. The molecule has 0 aromatic heterocycles. The molecule has 1 fully saturated rings. The van der Waals surface area contributed by atoms with Crippen LogP contribution in [0.15, 0.2) is 18.2 Å². The number of rotatable bonds is 5. The summed E-state index contributed by atoms with van der Waals surface area (Å²) in [6.07, 6.45) is 1.73. The Labute approximate surface area is 140 Å². The maximum atomic E-state index is 13.5. The summed E-state index contributed by atoms with van der Waals surface area (Å²) >= 11 is 0. The molecule has 1 heterocycles. The summed E-state index contributed by atoms with van der Waals surface area (Å²) in [5.74, 6) is -1.75. The molecule has 1 saturated heterocycles. The number of nitrogens with zero attached hydrogens (tertiary/aromatic N) is 1. The molecule has 4 nitrogen and oxygen atoms in total. The second-order valence-corrected chi connectivity index (χ2v) is 5.61. The monoisotopic (exact) mass is 346 g/mol. The highest BCUT2D eigenvalue weighted by molar-refractivity contribution is 5.98. The van der Waals surface area contributed by atoms with Crippen LogP contribution >= 0.6 is 12.4 Å². The number of carbonyl (C=O) groups is 2. The number of benzene rings is 1. The Morgan fingerprint density at radius 2 is 1.83 bits per heavy atom. The molecule has 0 unspecified atom stereocenters. The lowest BCUT2D eigenvalue weighted by Gasteiger charge is -2.31. The molecular formula is C16H21ClF2N2O2. The lowest BCUT2D eigenvalue weighted by atomic mass is 9.96. The number of nitrogens with two attached hydrogens (primary N) is 1. The predicted octanol–water partition coefficient (Wildman–Crippen LogP) is 2.55. The van der Waals surface area contributed by atoms with Gasteiger partial charge in [-0.25, -0.2) is 8.78 Å². The summed E-state index contributed by atoms with van der Waals surface area (Å²) in [4.78, 5) is 25.7. The molecular weight excluding hydrogens is 326 g/mol. The van der Waals surface area contributed by atoms with Gasteiger partial charge in [-0.1, -0.05) is 0 Å². The maximum Gasteiger partial charge on any atom is 0.223 e. The third-order valence-corrected chi connectivity index (χ3v) is 4.10. The number of likely N-dealkylation sites (tertiary alicyclic amines) is 1. The quantitative estimate of drug-likeness (QED) is 0.833. The SMILES string of the molecule is Cl.NCC1CCN(C(=O)CCC(=O)c2ccc(F)cc2F)CC1. The average molecular weight is 347 g/mol. The summed E-state index contributed by atoms with van der Waals surface area (Å²) in [5, 5.41) is 0. The molecule has 128 valence electrons. The van der Waals surface area contributed by atoms with Crippen molar-refractivity contribution < 1.29 is 18.4 Å². The summed E-state index contributed by atoms with van der Waals surface area (Å²) < 4.78 is 26.3. The zero-order valence-corrected chi connectivity index (χ0v) is 13.6. The maximum absolute atomic E-state index is 13.5. The van der Waals surface area contributed by atoms with E-state index >= 15 is 0 Å². The number of piperidine rings is 1. The molecule has 1 aliphatic heterocycles. The number of amides is 1. The fourth-order valence-electron chi connectivity index (χ4n) is 2.65. The fourth-order valence-corrected chi connectivity index (χ4v) is 2.65. The minimum absolute atomic E-state index is 0. The van der Waals surface area contributed by atoms with Crippen molar-refractivity contribution in [3.8, 4) is 0 Å². The van der Waals surface area contributed by atoms with Gasteiger partial charge in [0, 0.05) is 32.0 Å². The largest absolute Gasteiger partial charge is 0.343 e. The predicted molar refractivity (Wildman–Crippen MR) is 85.5 cm³/mol. The zero-order valence-electron chi connectivity index (χ0n) is 12.8. The molecule has 0 atom stereocenters. The molecule has 1 aromatic carbocycles. The number of Topliss-reactive ketones (excluding diaryl/α,β-unsaturated/α-hetero) is 1. The summed E-state index contributed by atoms with van der Waals surface area (Å²) in [7, 11) is 0. The molecule has 1 aliphatic rings. The van der Waals surface area contributed by atoms with E-state index in [0.29, 0.717) is 31.6 Å². The van der Waals surface area contributed by atoms with Gasteiger partial charge in [0.25, 0.3) is 0 Å². The van der Waals surface area contributed by atoms with Gasteiger partial charge < -0.3 is 10.6 Å². The van der Waals surface area contributed by atoms with Gasteiger partial charge >= 0.3 is 0 Å². The van der Waals surface area contributed by atoms with E-state index in [2.05, 4.69) is 0 Å². The fraction of sp³-hybridized carbons (Fsp3) is 0.500. The Morgan fingerprint density at radius 1 is 1.17 bits per heavy atom. The molecule has 0 saturated carbocycles. The summed E-state index contributed by atoms with van der Waals surface area (Å²) in [5.41, 5.74) is 5.43. The summed E-state index contributed by atoms with van der Waals surface area (Å²) in [6.45, 7) is 1.93. The van der Waals surface area contributed by atoms with Gasteiger partial charge in [0.15, 0.2) is 5.78 Å². The second-order valence-electron chi connectivity index (χ2n) is 5.61. The second kappa shape index (κ2) is 8.93. The van der Waals surface area contributed by atoms with Crippen LogP contribution in [0.3, 0.4) is 0 Å². The summed E-state index contributed by atoms with van der Waals surface area (Å²) in [6, 6.07) is 2.83. The van der Waals surface area contributed by atoms with Crippen LogP contribution in [0.2, 0.25) is 0 Å². The van der Waals surface area contributed by atoms with E-state index < -0.39 is 17.4 Å². The highest BCUT2D eigenvalue weighted by atomic mass is 35.5. The van der Waals surface area contributed by atoms with E-state index in [1.807, 2.05) is 0 Å². The molecule has 0 aliphatic carbocycles. The van der Waals surface area contributed by atoms with E-state index in [9.17, 15) is 18.4 Å². The first-order chi connectivity index (χ1) is 10.5. The van der Waals surface area contributed by atoms with Crippen LogP contribution in [0.1, 0.15) is 36.0 Å². The van der Waals surface area contributed by atoms with Crippen LogP contribution in [0, 0.1) is 17.6 Å². The third kappa shape index (κ3) is 5.25. The molecule has 1 amide bonds. The Kier molecular flexibility index (Phi) is 7.58. The van der Waals surface area contributed by atoms with Gasteiger partial charge in [0.05, 0.1) is 5.56 Å². The van der Waals surface area contributed by atoms with Crippen molar-refractivity contribution in [2.75, 3.05) is 19.6 Å². The van der Waals surface area contributed by atoms with Crippen molar-refractivity contribution in [1.82, 2.24) is 4.90 Å². The van der Waals surface area contributed by atoms with Crippen molar-refractivity contribution >= 4 is 24.1 Å². The Hall–Kier alpha value is -1.53. The number of hydrogen-bond acceptors (Lipinski definition) is 3. The molecule has 2 rings (SSSR count). The van der Waals surface area contributed by atoms with Gasteiger partial charge in [-0.05, 0) is 37.4 Å². The molecule has 2 N–H and O–H groups in total. The van der Waals surface area contributed by atoms with Crippen LogP contribution in [0.4, 0.5) is 8.78 Å². The van der Waals surface area contributed by atoms with Crippen molar-refractivity contribution in [3.63, 3.8) is 0 Å². The van der Waals surface area contributed by atoms with E-state index in [0.717, 1.165) is 25.0 Å². The lowest BCUT2D eigenvalue weighted by Crippen LogP contribution is -2.40. The van der Waals surface area contributed by atoms with Crippen LogP contribution < -0.4 is 5.73 Å². The molecule has 1 aromatic rings. The average Bonchev–Trinajstić information content (AvgIpc) is 2.52. The van der Waals surface area contributed by atoms with E-state index in [1.165, 1.54) is 0 Å². The Balaban J connectivity index is 0.00000264. The molecule has 0 spiro atoms. The number of hydrogen-bond donors (Lipinski definition) is 1. The topological polar surface area (TPSA) is 63.4 Å². The van der Waals surface area contributed by atoms with Crippen LogP contribution in [-0.2, 0) is 4.79 Å². The van der Waals surface area contributed by atoms with Crippen molar-refractivity contribution in [1.29, 1.82) is 0 Å². The van der Waals surface area contributed by atoms with Gasteiger partial charge in [-0.2, -0.15) is 0 Å². The standard InChI is InChI=1S/C16H20F2N2O2.ClH/c17-12-1-2-13(14(18)9-12)15(21)3-4-16(22)20-7-5-11(10-19)6-8-20;/h1-2,9,11H,3-8,10,19H2;1H. The molecule has 0 radical (unpaired) electrons. The van der Waals surface area contributed by atoms with Gasteiger partial charge in [0.1, 0.15) is 11.6 Å². The van der Waals surface area contributed by atoms with Crippen molar-refractivity contribution in [3.05, 3.63) is 35.4 Å². The van der Waals surface area contributed by atoms with Crippen molar-refractivity contribution in [2.45, 2.75) is 25.7 Å². The van der Waals surface area contributed by atoms with E-state index in [4.69, 9.17) is 5.73 Å². The van der Waals surface area contributed by atoms with Gasteiger partial charge in [-0.15, -0.1) is 12.4 Å². The number of carbonyl (C=O) groups excluding carboxylic acids is 2. The van der Waals surface area contributed by atoms with Gasteiger partial charge in [0.2, 0.25) is 5.91 Å². The zero-order chi connectivity index (χ0) is 16.1. The first-order valence-electron chi connectivity index (χ1n) is 7.47. The van der Waals surface area contributed by atoms with E-state index in [-0.39, 0.29) is 36.7 Å². The normalized spacial score (nSPS) is 15.2. The molecule has 0 bridgehead atoms. The van der Waals surface area contributed by atoms with Crippen LogP contribution in [0.5, 0.6) is 0 Å². The third-order valence-electron chi connectivity index (χ3n) is 4.10.